The van der Waals surface area contributed by atoms with Crippen molar-refractivity contribution in [1.82, 2.24) is 14.8 Å². The Morgan fingerprint density at radius 1 is 1.25 bits per heavy atom. The minimum absolute atomic E-state index is 0.769. The van der Waals surface area contributed by atoms with Gasteiger partial charge in [-0.2, -0.15) is 0 Å². The zero-order chi connectivity index (χ0) is 11.8. The Balaban J connectivity index is 2.53. The van der Waals surface area contributed by atoms with E-state index in [1.54, 1.807) is 0 Å². The molecule has 5 heteroatoms. The van der Waals surface area contributed by atoms with Crippen molar-refractivity contribution in [2.75, 3.05) is 13.2 Å². The summed E-state index contributed by atoms with van der Waals surface area (Å²) in [6, 6.07) is 0. The van der Waals surface area contributed by atoms with E-state index in [4.69, 9.17) is 4.74 Å². The first kappa shape index (κ1) is 13.6. The standard InChI is InChI=1S/C11H20BrN3O/c1-3-7-15-10(6-5-8-16-4-2)13-14-11(15)9-12/h3-9H2,1-2H3. The van der Waals surface area contributed by atoms with Crippen LogP contribution in [0, 0.1) is 0 Å². The lowest BCUT2D eigenvalue weighted by Gasteiger charge is -2.07. The number of aryl methyl sites for hydroxylation is 1. The van der Waals surface area contributed by atoms with E-state index in [1.807, 2.05) is 6.92 Å². The number of hydrogen-bond donors (Lipinski definition) is 0. The summed E-state index contributed by atoms with van der Waals surface area (Å²) in [6.07, 6.45) is 3.06. The van der Waals surface area contributed by atoms with Crippen molar-refractivity contribution in [3.05, 3.63) is 11.6 Å². The molecule has 4 nitrogen and oxygen atoms in total. The van der Waals surface area contributed by atoms with Gasteiger partial charge in [-0.05, 0) is 19.8 Å². The Kier molecular flexibility index (Phi) is 6.64. The summed E-state index contributed by atoms with van der Waals surface area (Å²) >= 11 is 3.44. The van der Waals surface area contributed by atoms with Crippen molar-refractivity contribution in [2.45, 2.75) is 45.0 Å². The number of aromatic nitrogens is 3. The van der Waals surface area contributed by atoms with Crippen molar-refractivity contribution >= 4 is 15.9 Å². The molecule has 92 valence electrons. The van der Waals surface area contributed by atoms with Gasteiger partial charge in [-0.3, -0.25) is 0 Å². The van der Waals surface area contributed by atoms with Crippen molar-refractivity contribution in [2.24, 2.45) is 0 Å². The number of rotatable bonds is 8. The molecule has 1 rings (SSSR count). The van der Waals surface area contributed by atoms with E-state index in [2.05, 4.69) is 37.6 Å². The fourth-order valence-electron chi connectivity index (χ4n) is 1.61. The summed E-state index contributed by atoms with van der Waals surface area (Å²) < 4.78 is 7.53. The van der Waals surface area contributed by atoms with E-state index in [9.17, 15) is 0 Å². The summed E-state index contributed by atoms with van der Waals surface area (Å²) in [6.45, 7) is 6.77. The highest BCUT2D eigenvalue weighted by Crippen LogP contribution is 2.09. The molecule has 0 amide bonds. The van der Waals surface area contributed by atoms with Crippen molar-refractivity contribution in [1.29, 1.82) is 0 Å². The molecule has 0 fully saturated rings. The normalized spacial score (nSPS) is 10.9. The van der Waals surface area contributed by atoms with E-state index in [0.717, 1.165) is 56.0 Å². The van der Waals surface area contributed by atoms with Crippen LogP contribution < -0.4 is 0 Å². The largest absolute Gasteiger partial charge is 0.382 e. The van der Waals surface area contributed by atoms with Crippen LogP contribution >= 0.6 is 15.9 Å². The fourth-order valence-corrected chi connectivity index (χ4v) is 2.03. The van der Waals surface area contributed by atoms with Crippen molar-refractivity contribution < 1.29 is 4.74 Å². The van der Waals surface area contributed by atoms with Crippen LogP contribution in [0.2, 0.25) is 0 Å². The first-order valence-corrected chi connectivity index (χ1v) is 7.00. The molecule has 0 spiro atoms. The van der Waals surface area contributed by atoms with Gasteiger partial charge in [0, 0.05) is 26.2 Å². The zero-order valence-corrected chi connectivity index (χ0v) is 11.7. The first-order valence-electron chi connectivity index (χ1n) is 5.88. The molecule has 0 radical (unpaired) electrons. The molecule has 0 aliphatic rings. The SMILES string of the molecule is CCCn1c(CBr)nnc1CCCOCC. The lowest BCUT2D eigenvalue weighted by atomic mass is 10.3. The summed E-state index contributed by atoms with van der Waals surface area (Å²) in [5, 5.41) is 9.18. The molecule has 0 bridgehead atoms. The first-order chi connectivity index (χ1) is 7.83. The highest BCUT2D eigenvalue weighted by Gasteiger charge is 2.09. The van der Waals surface area contributed by atoms with Crippen LogP contribution in [0.4, 0.5) is 0 Å². The van der Waals surface area contributed by atoms with Gasteiger partial charge in [-0.1, -0.05) is 22.9 Å². The Labute approximate surface area is 106 Å². The molecule has 0 N–H and O–H groups in total. The molecule has 1 aromatic rings. The number of alkyl halides is 1. The summed E-state index contributed by atoms with van der Waals surface area (Å²) in [5.41, 5.74) is 0. The number of nitrogens with zero attached hydrogens (tertiary/aromatic N) is 3. The van der Waals surface area contributed by atoms with Gasteiger partial charge in [-0.15, -0.1) is 10.2 Å². The van der Waals surface area contributed by atoms with Crippen LogP contribution in [0.25, 0.3) is 0 Å². The van der Waals surface area contributed by atoms with Crippen LogP contribution in [0.3, 0.4) is 0 Å². The maximum atomic E-state index is 5.32. The lowest BCUT2D eigenvalue weighted by Crippen LogP contribution is -2.08. The smallest absolute Gasteiger partial charge is 0.143 e. The molecule has 0 unspecified atom stereocenters. The second kappa shape index (κ2) is 7.79. The third kappa shape index (κ3) is 3.87. The van der Waals surface area contributed by atoms with Gasteiger partial charge in [0.05, 0.1) is 5.33 Å². The second-order valence-electron chi connectivity index (χ2n) is 3.62. The predicted octanol–water partition coefficient (Wildman–Crippen LogP) is 2.55. The zero-order valence-electron chi connectivity index (χ0n) is 10.1. The maximum absolute atomic E-state index is 5.32. The number of hydrogen-bond acceptors (Lipinski definition) is 3. The monoisotopic (exact) mass is 289 g/mol. The Morgan fingerprint density at radius 2 is 2.00 bits per heavy atom. The van der Waals surface area contributed by atoms with Gasteiger partial charge in [0.1, 0.15) is 11.6 Å². The molecule has 1 heterocycles. The molecule has 0 atom stereocenters. The predicted molar refractivity (Wildman–Crippen MR) is 67.8 cm³/mol. The quantitative estimate of drug-likeness (QED) is 0.545. The minimum atomic E-state index is 0.769. The highest BCUT2D eigenvalue weighted by molar-refractivity contribution is 9.08. The molecular formula is C11H20BrN3O. The maximum Gasteiger partial charge on any atom is 0.143 e. The summed E-state index contributed by atoms with van der Waals surface area (Å²) in [5.74, 6) is 2.10. The fraction of sp³-hybridized carbons (Fsp3) is 0.818. The van der Waals surface area contributed by atoms with Gasteiger partial charge in [0.25, 0.3) is 0 Å². The topological polar surface area (TPSA) is 39.9 Å². The Hall–Kier alpha value is -0.420. The van der Waals surface area contributed by atoms with Crippen LogP contribution in [-0.2, 0) is 23.0 Å². The lowest BCUT2D eigenvalue weighted by molar-refractivity contribution is 0.144. The van der Waals surface area contributed by atoms with Gasteiger partial charge < -0.3 is 9.30 Å². The summed E-state index contributed by atoms with van der Waals surface area (Å²) in [7, 11) is 0. The van der Waals surface area contributed by atoms with Gasteiger partial charge >= 0.3 is 0 Å². The third-order valence-electron chi connectivity index (χ3n) is 2.36. The average Bonchev–Trinajstić information content (AvgIpc) is 2.68. The summed E-state index contributed by atoms with van der Waals surface area (Å²) in [4.78, 5) is 0. The van der Waals surface area contributed by atoms with Gasteiger partial charge in [-0.25, -0.2) is 0 Å². The van der Waals surface area contributed by atoms with E-state index >= 15 is 0 Å². The van der Waals surface area contributed by atoms with Crippen LogP contribution in [0.5, 0.6) is 0 Å². The molecule has 0 saturated carbocycles. The highest BCUT2D eigenvalue weighted by atomic mass is 79.9. The molecule has 0 aliphatic heterocycles. The van der Waals surface area contributed by atoms with E-state index in [-0.39, 0.29) is 0 Å². The van der Waals surface area contributed by atoms with Crippen LogP contribution in [0.15, 0.2) is 0 Å². The van der Waals surface area contributed by atoms with Crippen LogP contribution in [0.1, 0.15) is 38.3 Å². The van der Waals surface area contributed by atoms with Crippen molar-refractivity contribution in [3.8, 4) is 0 Å². The Bertz CT molecular complexity index is 301. The van der Waals surface area contributed by atoms with Crippen molar-refractivity contribution in [3.63, 3.8) is 0 Å². The molecule has 16 heavy (non-hydrogen) atoms. The number of ether oxygens (including phenoxy) is 1. The van der Waals surface area contributed by atoms with E-state index < -0.39 is 0 Å². The molecule has 1 aromatic heterocycles. The minimum Gasteiger partial charge on any atom is -0.382 e. The molecule has 0 aliphatic carbocycles. The number of halogens is 1. The second-order valence-corrected chi connectivity index (χ2v) is 4.18. The van der Waals surface area contributed by atoms with Gasteiger partial charge in [0.15, 0.2) is 0 Å². The molecule has 0 saturated heterocycles. The molecule has 0 aromatic carbocycles. The molecular weight excluding hydrogens is 270 g/mol. The Morgan fingerprint density at radius 3 is 2.62 bits per heavy atom. The third-order valence-corrected chi connectivity index (χ3v) is 2.87. The van der Waals surface area contributed by atoms with E-state index in [0.29, 0.717) is 0 Å². The average molecular weight is 290 g/mol. The van der Waals surface area contributed by atoms with E-state index in [1.165, 1.54) is 0 Å². The van der Waals surface area contributed by atoms with Gasteiger partial charge in [0.2, 0.25) is 0 Å². The van der Waals surface area contributed by atoms with Crippen LogP contribution in [-0.4, -0.2) is 28.0 Å².